The molecule has 3 rings (SSSR count). The lowest BCUT2D eigenvalue weighted by molar-refractivity contribution is -0.123. The molecule has 2 aliphatic rings. The van der Waals surface area contributed by atoms with Crippen LogP contribution in [-0.2, 0) is 18.4 Å². The van der Waals surface area contributed by atoms with Gasteiger partial charge < -0.3 is 0 Å². The van der Waals surface area contributed by atoms with Crippen LogP contribution < -0.4 is 0 Å². The zero-order valence-electron chi connectivity index (χ0n) is 11.5. The molecule has 2 atom stereocenters. The summed E-state index contributed by atoms with van der Waals surface area (Å²) in [4.78, 5) is 15.9. The fraction of sp³-hybridized carbons (Fsp3) is 0.846. The van der Waals surface area contributed by atoms with Gasteiger partial charge in [0.15, 0.2) is 5.82 Å². The number of aryl methyl sites for hydroxylation is 1. The summed E-state index contributed by atoms with van der Waals surface area (Å²) in [5.74, 6) is 1.47. The fourth-order valence-electron chi connectivity index (χ4n) is 3.49. The number of piperidine rings is 1. The summed E-state index contributed by atoms with van der Waals surface area (Å²) in [6.07, 6.45) is 6.48. The van der Waals surface area contributed by atoms with Crippen molar-refractivity contribution in [1.82, 2.24) is 25.1 Å². The fourth-order valence-corrected chi connectivity index (χ4v) is 3.49. The lowest BCUT2D eigenvalue weighted by Gasteiger charge is -2.37. The maximum Gasteiger partial charge on any atom is 0.188 e. The Bertz CT molecular complexity index is 458. The number of hydrogen-bond acceptors (Lipinski definition) is 5. The van der Waals surface area contributed by atoms with Crippen molar-refractivity contribution in [3.63, 3.8) is 0 Å². The number of ketones is 1. The number of carbonyl (C=O) groups excluding carboxylic acids is 1. The van der Waals surface area contributed by atoms with Gasteiger partial charge in [-0.1, -0.05) is 6.42 Å². The van der Waals surface area contributed by atoms with Crippen molar-refractivity contribution in [3.05, 3.63) is 5.82 Å². The molecular formula is C13H21N5O. The van der Waals surface area contributed by atoms with Gasteiger partial charge in [-0.3, -0.25) is 9.69 Å². The summed E-state index contributed by atoms with van der Waals surface area (Å²) in [7, 11) is 1.78. The molecule has 0 radical (unpaired) electrons. The molecule has 2 fully saturated rings. The number of carbonyl (C=O) groups is 1. The van der Waals surface area contributed by atoms with Gasteiger partial charge in [0.05, 0.1) is 13.6 Å². The third-order valence-electron chi connectivity index (χ3n) is 4.37. The molecule has 104 valence electrons. The lowest BCUT2D eigenvalue weighted by atomic mass is 9.88. The van der Waals surface area contributed by atoms with E-state index in [1.807, 2.05) is 0 Å². The van der Waals surface area contributed by atoms with Crippen molar-refractivity contribution in [1.29, 1.82) is 0 Å². The van der Waals surface area contributed by atoms with Crippen LogP contribution in [0.5, 0.6) is 0 Å². The molecule has 0 spiro atoms. The second-order valence-electron chi connectivity index (χ2n) is 5.69. The second-order valence-corrected chi connectivity index (χ2v) is 5.69. The predicted molar refractivity (Wildman–Crippen MR) is 69.2 cm³/mol. The first-order valence-corrected chi connectivity index (χ1v) is 7.23. The van der Waals surface area contributed by atoms with Crippen molar-refractivity contribution in [2.45, 2.75) is 51.1 Å². The molecule has 1 aliphatic carbocycles. The van der Waals surface area contributed by atoms with Crippen LogP contribution in [0.2, 0.25) is 0 Å². The van der Waals surface area contributed by atoms with Gasteiger partial charge in [0.2, 0.25) is 0 Å². The first-order chi connectivity index (χ1) is 9.24. The Balaban J connectivity index is 1.71. The Morgan fingerprint density at radius 1 is 1.26 bits per heavy atom. The molecule has 2 unspecified atom stereocenters. The third kappa shape index (κ3) is 2.68. The monoisotopic (exact) mass is 263 g/mol. The molecule has 0 aromatic carbocycles. The maximum absolute atomic E-state index is 12.0. The van der Waals surface area contributed by atoms with Crippen LogP contribution in [0.4, 0.5) is 0 Å². The lowest BCUT2D eigenvalue weighted by Crippen LogP contribution is -2.45. The van der Waals surface area contributed by atoms with Crippen LogP contribution >= 0.6 is 0 Å². The normalized spacial score (nSPS) is 29.0. The van der Waals surface area contributed by atoms with Gasteiger partial charge in [-0.25, -0.2) is 0 Å². The molecule has 6 heteroatoms. The summed E-state index contributed by atoms with van der Waals surface area (Å²) in [5, 5.41) is 12.2. The molecule has 0 bridgehead atoms. The van der Waals surface area contributed by atoms with Crippen molar-refractivity contribution < 1.29 is 4.79 Å². The van der Waals surface area contributed by atoms with Gasteiger partial charge in [-0.2, -0.15) is 4.80 Å². The largest absolute Gasteiger partial charge is 0.299 e. The van der Waals surface area contributed by atoms with E-state index < -0.39 is 0 Å². The Hall–Kier alpha value is -1.30. The number of Topliss-reactive ketones (excluding diaryl/α,β-unsaturated/α-hetero) is 1. The summed E-state index contributed by atoms with van der Waals surface area (Å²) in [6.45, 7) is 1.77. The number of hydrogen-bond donors (Lipinski definition) is 0. The van der Waals surface area contributed by atoms with Crippen molar-refractivity contribution in [2.75, 3.05) is 6.54 Å². The van der Waals surface area contributed by atoms with Gasteiger partial charge in [-0.05, 0) is 37.4 Å². The van der Waals surface area contributed by atoms with Crippen LogP contribution in [0, 0.1) is 5.92 Å². The van der Waals surface area contributed by atoms with E-state index in [9.17, 15) is 4.79 Å². The van der Waals surface area contributed by atoms with E-state index in [2.05, 4.69) is 20.3 Å². The van der Waals surface area contributed by atoms with Crippen molar-refractivity contribution in [3.8, 4) is 0 Å². The summed E-state index contributed by atoms with van der Waals surface area (Å²) in [5.41, 5.74) is 0. The van der Waals surface area contributed by atoms with E-state index in [0.29, 0.717) is 11.8 Å². The summed E-state index contributed by atoms with van der Waals surface area (Å²) >= 11 is 0. The van der Waals surface area contributed by atoms with E-state index in [4.69, 9.17) is 0 Å². The molecule has 1 saturated carbocycles. The molecule has 1 aliphatic heterocycles. The number of likely N-dealkylation sites (tertiary alicyclic amines) is 1. The Morgan fingerprint density at radius 3 is 2.84 bits per heavy atom. The highest BCUT2D eigenvalue weighted by molar-refractivity contribution is 5.83. The minimum Gasteiger partial charge on any atom is -0.299 e. The van der Waals surface area contributed by atoms with Gasteiger partial charge in [-0.15, -0.1) is 10.2 Å². The van der Waals surface area contributed by atoms with E-state index in [0.717, 1.165) is 44.6 Å². The quantitative estimate of drug-likeness (QED) is 0.812. The minimum absolute atomic E-state index is 0.247. The van der Waals surface area contributed by atoms with Gasteiger partial charge in [0.25, 0.3) is 0 Å². The highest BCUT2D eigenvalue weighted by Gasteiger charge is 2.37. The van der Waals surface area contributed by atoms with Crippen LogP contribution in [0.15, 0.2) is 0 Å². The SMILES string of the molecule is Cn1nnc(CN2CCCCC2C2CCCC2=O)n1. The molecular weight excluding hydrogens is 242 g/mol. The van der Waals surface area contributed by atoms with E-state index >= 15 is 0 Å². The highest BCUT2D eigenvalue weighted by atomic mass is 16.1. The summed E-state index contributed by atoms with van der Waals surface area (Å²) < 4.78 is 0. The maximum atomic E-state index is 12.0. The average Bonchev–Trinajstić information content (AvgIpc) is 2.99. The average molecular weight is 263 g/mol. The highest BCUT2D eigenvalue weighted by Crippen LogP contribution is 2.33. The molecule has 1 saturated heterocycles. The number of nitrogens with zero attached hydrogens (tertiary/aromatic N) is 5. The number of tetrazole rings is 1. The molecule has 19 heavy (non-hydrogen) atoms. The van der Waals surface area contributed by atoms with Crippen LogP contribution in [-0.4, -0.2) is 43.5 Å². The third-order valence-corrected chi connectivity index (χ3v) is 4.37. The summed E-state index contributed by atoms with van der Waals surface area (Å²) in [6, 6.07) is 0.396. The molecule has 0 N–H and O–H groups in total. The van der Waals surface area contributed by atoms with Crippen molar-refractivity contribution >= 4 is 5.78 Å². The Morgan fingerprint density at radius 2 is 2.16 bits per heavy atom. The minimum atomic E-state index is 0.247. The van der Waals surface area contributed by atoms with Crippen molar-refractivity contribution in [2.24, 2.45) is 13.0 Å². The van der Waals surface area contributed by atoms with E-state index in [1.54, 1.807) is 7.05 Å². The first-order valence-electron chi connectivity index (χ1n) is 7.23. The topological polar surface area (TPSA) is 63.9 Å². The van der Waals surface area contributed by atoms with Gasteiger partial charge in [0.1, 0.15) is 5.78 Å². The van der Waals surface area contributed by atoms with Crippen LogP contribution in [0.1, 0.15) is 44.3 Å². The molecule has 6 nitrogen and oxygen atoms in total. The molecule has 1 aromatic heterocycles. The zero-order chi connectivity index (χ0) is 13.2. The smallest absolute Gasteiger partial charge is 0.188 e. The van der Waals surface area contributed by atoms with Gasteiger partial charge in [0, 0.05) is 18.4 Å². The Labute approximate surface area is 113 Å². The second kappa shape index (κ2) is 5.36. The molecule has 2 heterocycles. The molecule has 1 aromatic rings. The standard InChI is InChI=1S/C13H21N5O/c1-17-15-13(14-16-17)9-18-8-3-2-6-11(18)10-5-4-7-12(10)19/h10-11H,2-9H2,1H3. The predicted octanol–water partition coefficient (Wildman–Crippen LogP) is 0.934. The van der Waals surface area contributed by atoms with Crippen LogP contribution in [0.3, 0.4) is 0 Å². The number of aromatic nitrogens is 4. The van der Waals surface area contributed by atoms with E-state index in [-0.39, 0.29) is 5.92 Å². The van der Waals surface area contributed by atoms with E-state index in [1.165, 1.54) is 17.6 Å². The zero-order valence-corrected chi connectivity index (χ0v) is 11.5. The molecule has 0 amide bonds. The first kappa shape index (κ1) is 12.7. The van der Waals surface area contributed by atoms with Crippen LogP contribution in [0.25, 0.3) is 0 Å². The Kier molecular flexibility index (Phi) is 3.59. The number of rotatable bonds is 3. The van der Waals surface area contributed by atoms with Gasteiger partial charge >= 0.3 is 0 Å².